The van der Waals surface area contributed by atoms with Crippen molar-refractivity contribution in [3.63, 3.8) is 0 Å². The second-order valence-corrected chi connectivity index (χ2v) is 9.18. The first-order valence-corrected chi connectivity index (χ1v) is 10.3. The van der Waals surface area contributed by atoms with Gasteiger partial charge in [-0.05, 0) is 44.3 Å². The molecule has 0 spiro atoms. The lowest BCUT2D eigenvalue weighted by atomic mass is 10.3. The van der Waals surface area contributed by atoms with Crippen LogP contribution in [-0.2, 0) is 14.1 Å². The van der Waals surface area contributed by atoms with Gasteiger partial charge in [0.2, 0.25) is 0 Å². The van der Waals surface area contributed by atoms with E-state index in [4.69, 9.17) is 15.0 Å². The minimum absolute atomic E-state index is 0.233. The summed E-state index contributed by atoms with van der Waals surface area (Å²) in [5.74, 6) is 0.441. The molecule has 2 atom stereocenters. The van der Waals surface area contributed by atoms with Gasteiger partial charge in [0.1, 0.15) is 11.8 Å². The zero-order valence-corrected chi connectivity index (χ0v) is 14.7. The van der Waals surface area contributed by atoms with Gasteiger partial charge in [-0.3, -0.25) is 4.79 Å². The highest BCUT2D eigenvalue weighted by Gasteiger charge is 2.31. The molecule has 0 aliphatic carbocycles. The molecule has 0 amide bonds. The number of nitrogens with one attached hydrogen (secondary N) is 1. The maximum Gasteiger partial charge on any atom is 0.375 e. The van der Waals surface area contributed by atoms with Gasteiger partial charge in [-0.15, -0.1) is 0 Å². The topological polar surface area (TPSA) is 90.6 Å². The van der Waals surface area contributed by atoms with Crippen LogP contribution >= 0.6 is 18.1 Å². The standard InChI is InChI=1S/C14H23N2O4PS/c1-11(2)19-14(17)12(3)16-21(18,22-10-9-15)20-13-7-5-4-6-8-13/h4-8,11-12H,9-10,15H2,1-3H3,(H,16,18)/t12-,21+/m0/s1. The minimum atomic E-state index is -3.33. The van der Waals surface area contributed by atoms with Crippen LogP contribution in [0.25, 0.3) is 0 Å². The zero-order valence-electron chi connectivity index (χ0n) is 13.0. The first kappa shape index (κ1) is 19.0. The Hall–Kier alpha value is -1.01. The quantitative estimate of drug-likeness (QED) is 0.525. The van der Waals surface area contributed by atoms with Crippen LogP contribution in [0.5, 0.6) is 5.75 Å². The maximum absolute atomic E-state index is 12.9. The molecule has 3 N–H and O–H groups in total. The molecule has 0 fully saturated rings. The van der Waals surface area contributed by atoms with Crippen LogP contribution in [0, 0.1) is 0 Å². The van der Waals surface area contributed by atoms with E-state index < -0.39 is 18.7 Å². The Morgan fingerprint density at radius 2 is 1.95 bits per heavy atom. The van der Waals surface area contributed by atoms with E-state index in [1.165, 1.54) is 0 Å². The van der Waals surface area contributed by atoms with E-state index in [1.807, 2.05) is 6.07 Å². The van der Waals surface area contributed by atoms with Gasteiger partial charge in [-0.25, -0.2) is 9.65 Å². The lowest BCUT2D eigenvalue weighted by molar-refractivity contribution is -0.148. The minimum Gasteiger partial charge on any atom is -0.462 e. The Morgan fingerprint density at radius 1 is 1.32 bits per heavy atom. The third-order valence-electron chi connectivity index (χ3n) is 2.41. The predicted molar refractivity (Wildman–Crippen MR) is 90.0 cm³/mol. The number of rotatable bonds is 9. The molecule has 0 aromatic heterocycles. The fraction of sp³-hybridized carbons (Fsp3) is 0.500. The zero-order chi connectivity index (χ0) is 16.6. The highest BCUT2D eigenvalue weighted by Crippen LogP contribution is 2.55. The molecule has 124 valence electrons. The van der Waals surface area contributed by atoms with E-state index in [-0.39, 0.29) is 6.10 Å². The summed E-state index contributed by atoms with van der Waals surface area (Å²) in [5.41, 5.74) is 5.47. The monoisotopic (exact) mass is 346 g/mol. The van der Waals surface area contributed by atoms with Crippen molar-refractivity contribution < 1.29 is 18.6 Å². The SMILES string of the molecule is CC(C)OC(=O)[C@H](C)N[P@@](=O)(Oc1ccccc1)SCCN. The Morgan fingerprint density at radius 3 is 2.50 bits per heavy atom. The molecule has 22 heavy (non-hydrogen) atoms. The van der Waals surface area contributed by atoms with E-state index in [1.54, 1.807) is 45.0 Å². The van der Waals surface area contributed by atoms with Gasteiger partial charge in [0.05, 0.1) is 6.10 Å². The highest BCUT2D eigenvalue weighted by molar-refractivity contribution is 8.56. The Balaban J connectivity index is 2.78. The summed E-state index contributed by atoms with van der Waals surface area (Å²) < 4.78 is 23.6. The van der Waals surface area contributed by atoms with Gasteiger partial charge in [0, 0.05) is 12.3 Å². The predicted octanol–water partition coefficient (Wildman–Crippen LogP) is 2.80. The van der Waals surface area contributed by atoms with Crippen LogP contribution in [-0.4, -0.2) is 30.4 Å². The van der Waals surface area contributed by atoms with Crippen LogP contribution < -0.4 is 15.3 Å². The van der Waals surface area contributed by atoms with Gasteiger partial charge in [0.15, 0.2) is 0 Å². The Bertz CT molecular complexity index is 513. The fourth-order valence-electron chi connectivity index (χ4n) is 1.51. The molecule has 8 heteroatoms. The number of carbonyl (C=O) groups is 1. The number of nitrogens with two attached hydrogens (primary N) is 1. The number of ether oxygens (including phenoxy) is 1. The molecule has 0 heterocycles. The van der Waals surface area contributed by atoms with Crippen molar-refractivity contribution in [1.29, 1.82) is 0 Å². The van der Waals surface area contributed by atoms with Crippen molar-refractivity contribution >= 4 is 24.1 Å². The van der Waals surface area contributed by atoms with Crippen molar-refractivity contribution in [3.05, 3.63) is 30.3 Å². The van der Waals surface area contributed by atoms with Gasteiger partial charge >= 0.3 is 12.7 Å². The van der Waals surface area contributed by atoms with Crippen molar-refractivity contribution in [2.45, 2.75) is 32.9 Å². The van der Waals surface area contributed by atoms with Crippen molar-refractivity contribution in [2.75, 3.05) is 12.3 Å². The molecular formula is C14H23N2O4PS. The summed E-state index contributed by atoms with van der Waals surface area (Å²) in [5, 5.41) is 2.75. The molecule has 0 radical (unpaired) electrons. The molecule has 1 rings (SSSR count). The summed E-state index contributed by atoms with van der Waals surface area (Å²) in [6.45, 7) is 2.14. The lowest BCUT2D eigenvalue weighted by Crippen LogP contribution is -2.35. The molecule has 1 aromatic rings. The van der Waals surface area contributed by atoms with E-state index >= 15 is 0 Å². The largest absolute Gasteiger partial charge is 0.462 e. The normalized spacial score (nSPS) is 15.1. The first-order chi connectivity index (χ1) is 10.4. The van der Waals surface area contributed by atoms with Crippen LogP contribution in [0.2, 0.25) is 0 Å². The van der Waals surface area contributed by atoms with Gasteiger partial charge in [-0.1, -0.05) is 18.2 Å². The Labute approximate surface area is 135 Å². The second kappa shape index (κ2) is 9.20. The average molecular weight is 346 g/mol. The summed E-state index contributed by atoms with van der Waals surface area (Å²) >= 11 is 1.07. The van der Waals surface area contributed by atoms with Crippen LogP contribution in [0.3, 0.4) is 0 Å². The van der Waals surface area contributed by atoms with Crippen LogP contribution in [0.1, 0.15) is 20.8 Å². The molecule has 0 aliphatic rings. The summed E-state index contributed by atoms with van der Waals surface area (Å²) in [4.78, 5) is 11.9. The number of esters is 1. The number of hydrogen-bond donors (Lipinski definition) is 2. The fourth-order valence-corrected chi connectivity index (χ4v) is 5.16. The lowest BCUT2D eigenvalue weighted by Gasteiger charge is -2.23. The van der Waals surface area contributed by atoms with Crippen molar-refractivity contribution in [2.24, 2.45) is 5.73 Å². The van der Waals surface area contributed by atoms with Crippen molar-refractivity contribution in [3.8, 4) is 5.75 Å². The van der Waals surface area contributed by atoms with Gasteiger partial charge < -0.3 is 15.0 Å². The van der Waals surface area contributed by atoms with Gasteiger partial charge in [-0.2, -0.15) is 0 Å². The van der Waals surface area contributed by atoms with E-state index in [0.29, 0.717) is 18.0 Å². The number of para-hydroxylation sites is 1. The maximum atomic E-state index is 12.9. The van der Waals surface area contributed by atoms with Crippen LogP contribution in [0.15, 0.2) is 30.3 Å². The molecular weight excluding hydrogens is 323 g/mol. The van der Waals surface area contributed by atoms with E-state index in [0.717, 1.165) is 11.4 Å². The summed E-state index contributed by atoms with van der Waals surface area (Å²) in [6, 6.07) is 8.05. The van der Waals surface area contributed by atoms with E-state index in [9.17, 15) is 9.36 Å². The molecule has 0 bridgehead atoms. The van der Waals surface area contributed by atoms with Gasteiger partial charge in [0.25, 0.3) is 0 Å². The third kappa shape index (κ3) is 6.83. The van der Waals surface area contributed by atoms with Crippen LogP contribution in [0.4, 0.5) is 0 Å². The highest BCUT2D eigenvalue weighted by atomic mass is 32.7. The molecule has 0 aliphatic heterocycles. The third-order valence-corrected chi connectivity index (χ3v) is 6.43. The van der Waals surface area contributed by atoms with E-state index in [2.05, 4.69) is 5.09 Å². The Kier molecular flexibility index (Phi) is 7.96. The molecule has 1 aromatic carbocycles. The van der Waals surface area contributed by atoms with Crippen molar-refractivity contribution in [1.82, 2.24) is 5.09 Å². The first-order valence-electron chi connectivity index (χ1n) is 7.04. The number of hydrogen-bond acceptors (Lipinski definition) is 6. The number of carbonyl (C=O) groups excluding carboxylic acids is 1. The summed E-state index contributed by atoms with van der Waals surface area (Å²) in [6.07, 6.45) is -0.233. The molecule has 0 unspecified atom stereocenters. The molecule has 6 nitrogen and oxygen atoms in total. The summed E-state index contributed by atoms with van der Waals surface area (Å²) in [7, 11) is 0. The molecule has 0 saturated carbocycles. The molecule has 0 saturated heterocycles. The number of benzene rings is 1. The second-order valence-electron chi connectivity index (χ2n) is 4.86. The average Bonchev–Trinajstić information content (AvgIpc) is 2.45. The smallest absolute Gasteiger partial charge is 0.375 e.